The van der Waals surface area contributed by atoms with Crippen molar-refractivity contribution < 1.29 is 18.4 Å². The fourth-order valence-corrected chi connectivity index (χ4v) is 4.96. The third-order valence-corrected chi connectivity index (χ3v) is 6.53. The molecule has 4 rings (SSSR count). The van der Waals surface area contributed by atoms with Gasteiger partial charge in [-0.2, -0.15) is 0 Å². The van der Waals surface area contributed by atoms with Gasteiger partial charge in [0.15, 0.2) is 11.4 Å². The quantitative estimate of drug-likeness (QED) is 0.403. The average Bonchev–Trinajstić information content (AvgIpc) is 3.33. The lowest BCUT2D eigenvalue weighted by Gasteiger charge is -2.22. The first-order valence-electron chi connectivity index (χ1n) is 12.7. The van der Waals surface area contributed by atoms with E-state index >= 15 is 4.32 Å². The lowest BCUT2D eigenvalue weighted by Crippen LogP contribution is -2.40. The molecule has 1 aromatic heterocycles. The largest absolute Gasteiger partial charge is 0.846 e. The number of carbonyl (C=O) groups is 2. The van der Waals surface area contributed by atoms with Gasteiger partial charge in [0.05, 0.1) is 11.3 Å². The first-order valence-corrected chi connectivity index (χ1v) is 12.7. The van der Waals surface area contributed by atoms with Gasteiger partial charge in [-0.3, -0.25) is 14.1 Å². The number of anilines is 1. The maximum Gasteiger partial charge on any atom is 0.846 e. The van der Waals surface area contributed by atoms with Crippen molar-refractivity contribution in [3.8, 4) is 0 Å². The molecule has 3 heterocycles. The van der Waals surface area contributed by atoms with E-state index in [1.165, 1.54) is 0 Å². The molecule has 8 heteroatoms. The van der Waals surface area contributed by atoms with Crippen LogP contribution in [0.3, 0.4) is 0 Å². The van der Waals surface area contributed by atoms with E-state index in [0.29, 0.717) is 31.4 Å². The minimum Gasteiger partial charge on any atom is -0.359 e. The molecule has 0 atom stereocenters. The highest BCUT2D eigenvalue weighted by Gasteiger charge is 2.51. The first-order chi connectivity index (χ1) is 17.2. The SMILES string of the molecule is CC.CNC(=O)CCCCC(=O)Nc1ccc(C2=C3C(C)=CC(C)=[N+]3B(F)n3c(C)cc(C)c32)cc1. The van der Waals surface area contributed by atoms with Crippen LogP contribution >= 0.6 is 0 Å². The van der Waals surface area contributed by atoms with Gasteiger partial charge in [-0.15, -0.1) is 0 Å². The van der Waals surface area contributed by atoms with E-state index in [1.807, 2.05) is 78.0 Å². The molecule has 36 heavy (non-hydrogen) atoms. The molecule has 0 radical (unpaired) electrons. The second-order valence-corrected chi connectivity index (χ2v) is 9.07. The first kappa shape index (κ1) is 27.2. The summed E-state index contributed by atoms with van der Waals surface area (Å²) in [6.07, 6.45) is 4.16. The van der Waals surface area contributed by atoms with Crippen molar-refractivity contribution in [1.82, 2.24) is 9.79 Å². The smallest absolute Gasteiger partial charge is 0.359 e. The number of aryl methyl sites for hydroxylation is 2. The number of carbonyl (C=O) groups excluding carboxylic acids is 2. The Morgan fingerprint density at radius 3 is 2.22 bits per heavy atom. The second kappa shape index (κ2) is 11.5. The van der Waals surface area contributed by atoms with Crippen molar-refractivity contribution in [2.24, 2.45) is 0 Å². The van der Waals surface area contributed by atoms with E-state index in [1.54, 1.807) is 16.0 Å². The molecule has 0 fully saturated rings. The van der Waals surface area contributed by atoms with Gasteiger partial charge in [-0.1, -0.05) is 26.0 Å². The van der Waals surface area contributed by atoms with Gasteiger partial charge < -0.3 is 10.6 Å². The van der Waals surface area contributed by atoms with E-state index in [9.17, 15) is 9.59 Å². The number of unbranched alkanes of at least 4 members (excludes halogenated alkanes) is 1. The Hall–Kier alpha value is -3.42. The number of hydrogen-bond acceptors (Lipinski definition) is 2. The van der Waals surface area contributed by atoms with Crippen molar-refractivity contribution in [2.45, 2.75) is 67.2 Å². The van der Waals surface area contributed by atoms with Crippen molar-refractivity contribution in [3.05, 3.63) is 70.2 Å². The summed E-state index contributed by atoms with van der Waals surface area (Å²) in [6, 6.07) is 9.76. The van der Waals surface area contributed by atoms with Gasteiger partial charge in [0.25, 0.3) is 0 Å². The zero-order valence-electron chi connectivity index (χ0n) is 22.5. The number of aromatic nitrogens is 1. The Balaban J connectivity index is 0.00000176. The van der Waals surface area contributed by atoms with Crippen LogP contribution in [-0.4, -0.2) is 40.8 Å². The zero-order valence-corrected chi connectivity index (χ0v) is 22.5. The fraction of sp³-hybridized carbons (Fsp3) is 0.393. The summed E-state index contributed by atoms with van der Waals surface area (Å²) >= 11 is 0. The van der Waals surface area contributed by atoms with Crippen LogP contribution in [0.25, 0.3) is 5.57 Å². The molecule has 0 aliphatic carbocycles. The van der Waals surface area contributed by atoms with Crippen LogP contribution in [0.5, 0.6) is 0 Å². The van der Waals surface area contributed by atoms with Gasteiger partial charge in [-0.25, -0.2) is 8.80 Å². The highest BCUT2D eigenvalue weighted by atomic mass is 19.1. The Morgan fingerprint density at radius 1 is 1.00 bits per heavy atom. The summed E-state index contributed by atoms with van der Waals surface area (Å²) in [5.74, 6) is -0.0839. The molecule has 0 unspecified atom stereocenters. The highest BCUT2D eigenvalue weighted by Crippen LogP contribution is 2.40. The number of amides is 2. The fourth-order valence-electron chi connectivity index (χ4n) is 4.96. The van der Waals surface area contributed by atoms with Gasteiger partial charge in [0, 0.05) is 49.8 Å². The lowest BCUT2D eigenvalue weighted by atomic mass is 9.87. The maximum absolute atomic E-state index is 15.6. The standard InChI is InChI=1S/C26H30BFN4O2.C2H6/c1-16-14-18(3)31-25(16)24(26-17(2)15-19(4)32(26)27(31)28)20-10-12-21(13-11-20)30-23(34)9-7-6-8-22(33)29-5;1-2/h10-15H,6-9H2,1-5H3,(H,29,33);1-2H3/p+1. The predicted octanol–water partition coefficient (Wildman–Crippen LogP) is 5.38. The number of hydrogen-bond donors (Lipinski definition) is 2. The molecular formula is C28H37BFN4O2+. The molecule has 0 saturated carbocycles. The van der Waals surface area contributed by atoms with Crippen molar-refractivity contribution in [2.75, 3.05) is 12.4 Å². The molecule has 190 valence electrons. The van der Waals surface area contributed by atoms with Crippen LogP contribution in [0.1, 0.15) is 75.9 Å². The lowest BCUT2D eigenvalue weighted by molar-refractivity contribution is -0.336. The average molecular weight is 491 g/mol. The molecule has 0 spiro atoms. The van der Waals surface area contributed by atoms with E-state index < -0.39 is 7.26 Å². The summed E-state index contributed by atoms with van der Waals surface area (Å²) in [5, 5.41) is 5.52. The number of benzene rings is 1. The summed E-state index contributed by atoms with van der Waals surface area (Å²) in [7, 11) is 0.331. The van der Waals surface area contributed by atoms with Crippen LogP contribution < -0.4 is 10.6 Å². The third-order valence-electron chi connectivity index (χ3n) is 6.53. The van der Waals surface area contributed by atoms with Gasteiger partial charge in [0.2, 0.25) is 11.8 Å². The third kappa shape index (κ3) is 5.22. The van der Waals surface area contributed by atoms with E-state index in [2.05, 4.69) is 10.6 Å². The normalized spacial score (nSPS) is 14.1. The number of rotatable bonds is 7. The van der Waals surface area contributed by atoms with E-state index in [0.717, 1.165) is 45.1 Å². The van der Waals surface area contributed by atoms with Crippen molar-refractivity contribution >= 4 is 36.0 Å². The second-order valence-electron chi connectivity index (χ2n) is 9.07. The Bertz CT molecular complexity index is 1260. The summed E-state index contributed by atoms with van der Waals surface area (Å²) in [4.78, 5) is 23.6. The van der Waals surface area contributed by atoms with Crippen molar-refractivity contribution in [1.29, 1.82) is 0 Å². The number of allylic oxidation sites excluding steroid dienone is 2. The molecule has 2 aliphatic heterocycles. The number of fused-ring (bicyclic) bond motifs is 2. The van der Waals surface area contributed by atoms with Gasteiger partial charge in [-0.05, 0) is 62.9 Å². The highest BCUT2D eigenvalue weighted by molar-refractivity contribution is 6.43. The zero-order chi connectivity index (χ0) is 26.6. The van der Waals surface area contributed by atoms with Crippen LogP contribution in [0.2, 0.25) is 0 Å². The Morgan fingerprint density at radius 2 is 1.61 bits per heavy atom. The molecule has 2 aliphatic rings. The van der Waals surface area contributed by atoms with Crippen LogP contribution in [-0.2, 0) is 9.59 Å². The number of halogens is 1. The van der Waals surface area contributed by atoms with Crippen molar-refractivity contribution in [3.63, 3.8) is 0 Å². The van der Waals surface area contributed by atoms with Crippen LogP contribution in [0.4, 0.5) is 10.0 Å². The molecule has 6 nitrogen and oxygen atoms in total. The minimum atomic E-state index is -1.28. The monoisotopic (exact) mass is 491 g/mol. The summed E-state index contributed by atoms with van der Waals surface area (Å²) in [5.41, 5.74) is 8.31. The van der Waals surface area contributed by atoms with Crippen LogP contribution in [0, 0.1) is 13.8 Å². The molecule has 2 aromatic rings. The number of nitrogens with one attached hydrogen (secondary N) is 2. The summed E-state index contributed by atoms with van der Waals surface area (Å²) in [6.45, 7) is 11.9. The molecule has 2 amide bonds. The Labute approximate surface area is 214 Å². The van der Waals surface area contributed by atoms with E-state index in [4.69, 9.17) is 0 Å². The molecule has 2 N–H and O–H groups in total. The number of nitrogens with zero attached hydrogens (tertiary/aromatic N) is 2. The molecule has 1 aromatic carbocycles. The molecule has 0 saturated heterocycles. The minimum absolute atomic E-state index is 0.0107. The molecule has 0 bridgehead atoms. The summed E-state index contributed by atoms with van der Waals surface area (Å²) < 4.78 is 19.2. The maximum atomic E-state index is 15.6. The van der Waals surface area contributed by atoms with Gasteiger partial charge >= 0.3 is 7.26 Å². The van der Waals surface area contributed by atoms with Gasteiger partial charge in [0.1, 0.15) is 0 Å². The van der Waals surface area contributed by atoms with E-state index in [-0.39, 0.29) is 11.8 Å². The Kier molecular flexibility index (Phi) is 8.72. The van der Waals surface area contributed by atoms with Crippen LogP contribution in [0.15, 0.2) is 47.7 Å². The molecular weight excluding hydrogens is 454 g/mol. The predicted molar refractivity (Wildman–Crippen MR) is 146 cm³/mol. The topological polar surface area (TPSA) is 66.1 Å².